The van der Waals surface area contributed by atoms with Gasteiger partial charge in [-0.2, -0.15) is 0 Å². The number of nitrogens with zero attached hydrogens (tertiary/aromatic N) is 1. The Balaban J connectivity index is 1.46. The van der Waals surface area contributed by atoms with Crippen LogP contribution in [0.1, 0.15) is 42.5 Å². The van der Waals surface area contributed by atoms with Gasteiger partial charge in [-0.05, 0) is 30.5 Å². The first kappa shape index (κ1) is 19.9. The van der Waals surface area contributed by atoms with Crippen LogP contribution in [0.5, 0.6) is 11.5 Å². The maximum atomic E-state index is 13.2. The molecule has 6 heteroatoms. The molecule has 2 aromatic carbocycles. The molecule has 0 radical (unpaired) electrons. The lowest BCUT2D eigenvalue weighted by molar-refractivity contribution is 0.0820. The van der Waals surface area contributed by atoms with E-state index >= 15 is 0 Å². The maximum Gasteiger partial charge on any atom is 0.318 e. The molecule has 1 aliphatic carbocycles. The number of nitrogens with one attached hydrogen (secondary N) is 1. The summed E-state index contributed by atoms with van der Waals surface area (Å²) in [7, 11) is 1.64. The van der Waals surface area contributed by atoms with Gasteiger partial charge in [0.05, 0.1) is 24.7 Å². The van der Waals surface area contributed by atoms with Crippen LogP contribution in [0.4, 0.5) is 4.79 Å². The van der Waals surface area contributed by atoms with Gasteiger partial charge in [0.25, 0.3) is 0 Å². The minimum absolute atomic E-state index is 0.0745. The molecule has 6 nitrogen and oxygen atoms in total. The average molecular weight is 421 g/mol. The summed E-state index contributed by atoms with van der Waals surface area (Å²) in [5.74, 6) is 1.45. The number of hydrogen-bond donors (Lipinski definition) is 2. The maximum absolute atomic E-state index is 13.2. The SMILES string of the molecule is COc1ccc2c3c1OC1C[C@@H](O)C=CC31CCN(C(=O)N[C@H](C)c1ccccc1)C2. The van der Waals surface area contributed by atoms with Crippen molar-refractivity contribution in [2.24, 2.45) is 0 Å². The van der Waals surface area contributed by atoms with E-state index in [-0.39, 0.29) is 23.6 Å². The van der Waals surface area contributed by atoms with Gasteiger partial charge in [-0.25, -0.2) is 4.79 Å². The number of aliphatic hydroxyl groups is 1. The summed E-state index contributed by atoms with van der Waals surface area (Å²) in [5.41, 5.74) is 2.90. The van der Waals surface area contributed by atoms with Crippen LogP contribution in [0, 0.1) is 0 Å². The molecular weight excluding hydrogens is 392 g/mol. The Morgan fingerprint density at radius 1 is 1.29 bits per heavy atom. The Morgan fingerprint density at radius 3 is 2.87 bits per heavy atom. The highest BCUT2D eigenvalue weighted by atomic mass is 16.5. The fourth-order valence-electron chi connectivity index (χ4n) is 5.21. The summed E-state index contributed by atoms with van der Waals surface area (Å²) in [6.07, 6.45) is 4.55. The molecular formula is C25H28N2O4. The molecule has 0 saturated heterocycles. The number of aliphatic hydroxyl groups excluding tert-OH is 1. The standard InChI is InChI=1S/C25H28N2O4/c1-16(17-6-4-3-5-7-17)26-24(29)27-13-12-25-11-10-19(28)14-21(25)31-23-20(30-2)9-8-18(15-27)22(23)25/h3-11,16,19,21,28H,12-15H2,1-2H3,(H,26,29)/t16-,19+,21?,25?/m1/s1. The van der Waals surface area contributed by atoms with Gasteiger partial charge >= 0.3 is 6.03 Å². The molecule has 31 heavy (non-hydrogen) atoms. The molecule has 0 bridgehead atoms. The number of benzene rings is 2. The number of hydrogen-bond acceptors (Lipinski definition) is 4. The molecule has 2 unspecified atom stereocenters. The number of rotatable bonds is 3. The van der Waals surface area contributed by atoms with Gasteiger partial charge in [-0.1, -0.05) is 48.6 Å². The van der Waals surface area contributed by atoms with Crippen LogP contribution >= 0.6 is 0 Å². The highest BCUT2D eigenvalue weighted by molar-refractivity contribution is 5.75. The third-order valence-corrected chi connectivity index (χ3v) is 6.88. The summed E-state index contributed by atoms with van der Waals surface area (Å²) < 4.78 is 11.9. The third kappa shape index (κ3) is 3.26. The van der Waals surface area contributed by atoms with E-state index in [0.29, 0.717) is 25.3 Å². The summed E-state index contributed by atoms with van der Waals surface area (Å²) >= 11 is 0. The molecule has 2 aromatic rings. The highest BCUT2D eigenvalue weighted by Crippen LogP contribution is 2.55. The molecule has 1 spiro atoms. The van der Waals surface area contributed by atoms with E-state index in [1.165, 1.54) is 0 Å². The fraction of sp³-hybridized carbons (Fsp3) is 0.400. The summed E-state index contributed by atoms with van der Waals surface area (Å²) in [6, 6.07) is 13.8. The van der Waals surface area contributed by atoms with Crippen LogP contribution in [-0.2, 0) is 12.0 Å². The quantitative estimate of drug-likeness (QED) is 0.743. The number of amides is 2. The van der Waals surface area contributed by atoms with Crippen molar-refractivity contribution in [2.75, 3.05) is 13.7 Å². The smallest absolute Gasteiger partial charge is 0.318 e. The van der Waals surface area contributed by atoms with Crippen molar-refractivity contribution < 1.29 is 19.4 Å². The predicted molar refractivity (Wildman–Crippen MR) is 117 cm³/mol. The first-order valence-corrected chi connectivity index (χ1v) is 10.9. The van der Waals surface area contributed by atoms with Crippen LogP contribution in [0.2, 0.25) is 0 Å². The van der Waals surface area contributed by atoms with E-state index in [0.717, 1.165) is 28.9 Å². The van der Waals surface area contributed by atoms with E-state index < -0.39 is 6.10 Å². The van der Waals surface area contributed by atoms with E-state index in [1.807, 2.05) is 60.4 Å². The van der Waals surface area contributed by atoms with Crippen molar-refractivity contribution in [3.05, 3.63) is 71.3 Å². The summed E-state index contributed by atoms with van der Waals surface area (Å²) in [4.78, 5) is 15.1. The molecule has 0 saturated carbocycles. The zero-order valence-corrected chi connectivity index (χ0v) is 17.9. The highest BCUT2D eigenvalue weighted by Gasteiger charge is 2.53. The summed E-state index contributed by atoms with van der Waals surface area (Å²) in [5, 5.41) is 13.3. The second-order valence-electron chi connectivity index (χ2n) is 8.69. The third-order valence-electron chi connectivity index (χ3n) is 6.88. The van der Waals surface area contributed by atoms with Gasteiger partial charge < -0.3 is 24.8 Å². The minimum atomic E-state index is -0.520. The van der Waals surface area contributed by atoms with Crippen LogP contribution in [0.3, 0.4) is 0 Å². The molecule has 2 amide bonds. The van der Waals surface area contributed by atoms with Crippen molar-refractivity contribution in [3.8, 4) is 11.5 Å². The Hall–Kier alpha value is -2.99. The number of carbonyl (C=O) groups excluding carboxylic acids is 1. The monoisotopic (exact) mass is 420 g/mol. The number of carbonyl (C=O) groups is 1. The minimum Gasteiger partial charge on any atom is -0.493 e. The van der Waals surface area contributed by atoms with Gasteiger partial charge in [0, 0.05) is 25.1 Å². The fourth-order valence-corrected chi connectivity index (χ4v) is 5.21. The molecule has 2 N–H and O–H groups in total. The topological polar surface area (TPSA) is 71.0 Å². The molecule has 0 aromatic heterocycles. The van der Waals surface area contributed by atoms with Crippen molar-refractivity contribution in [1.29, 1.82) is 0 Å². The number of ether oxygens (including phenoxy) is 2. The molecule has 5 rings (SSSR count). The van der Waals surface area contributed by atoms with Crippen molar-refractivity contribution in [2.45, 2.75) is 50.0 Å². The van der Waals surface area contributed by atoms with Crippen molar-refractivity contribution >= 4 is 6.03 Å². The molecule has 2 aliphatic heterocycles. The number of methoxy groups -OCH3 is 1. The van der Waals surface area contributed by atoms with E-state index in [4.69, 9.17) is 9.47 Å². The Bertz CT molecular complexity index is 1020. The van der Waals surface area contributed by atoms with Gasteiger partial charge in [0.15, 0.2) is 11.5 Å². The van der Waals surface area contributed by atoms with Gasteiger partial charge in [-0.15, -0.1) is 0 Å². The first-order valence-electron chi connectivity index (χ1n) is 10.9. The van der Waals surface area contributed by atoms with Crippen LogP contribution in [-0.4, -0.2) is 41.9 Å². The van der Waals surface area contributed by atoms with Crippen molar-refractivity contribution in [1.82, 2.24) is 10.2 Å². The molecule has 162 valence electrons. The first-order chi connectivity index (χ1) is 15.0. The van der Waals surface area contributed by atoms with Crippen molar-refractivity contribution in [3.63, 3.8) is 0 Å². The van der Waals surface area contributed by atoms with Crippen LogP contribution in [0.15, 0.2) is 54.6 Å². The lowest BCUT2D eigenvalue weighted by Gasteiger charge is -2.35. The zero-order valence-electron chi connectivity index (χ0n) is 17.9. The van der Waals surface area contributed by atoms with E-state index in [2.05, 4.69) is 11.4 Å². The second-order valence-corrected chi connectivity index (χ2v) is 8.69. The van der Waals surface area contributed by atoms with Gasteiger partial charge in [0.2, 0.25) is 0 Å². The zero-order chi connectivity index (χ0) is 21.6. The van der Waals surface area contributed by atoms with Crippen LogP contribution in [0.25, 0.3) is 0 Å². The molecule has 2 heterocycles. The largest absolute Gasteiger partial charge is 0.493 e. The second kappa shape index (κ2) is 7.61. The predicted octanol–water partition coefficient (Wildman–Crippen LogP) is 3.69. The van der Waals surface area contributed by atoms with Gasteiger partial charge in [-0.3, -0.25) is 0 Å². The van der Waals surface area contributed by atoms with E-state index in [1.54, 1.807) is 7.11 Å². The molecule has 4 atom stereocenters. The van der Waals surface area contributed by atoms with E-state index in [9.17, 15) is 9.90 Å². The molecule has 3 aliphatic rings. The summed E-state index contributed by atoms with van der Waals surface area (Å²) in [6.45, 7) is 3.11. The normalized spacial score (nSPS) is 26.9. The van der Waals surface area contributed by atoms with Gasteiger partial charge in [0.1, 0.15) is 6.10 Å². The molecule has 0 fully saturated rings. The lowest BCUT2D eigenvalue weighted by atomic mass is 9.69. The Labute approximate surface area is 182 Å². The van der Waals surface area contributed by atoms with Crippen LogP contribution < -0.4 is 14.8 Å². The average Bonchev–Trinajstić information content (AvgIpc) is 3.01. The number of urea groups is 1. The lowest BCUT2D eigenvalue weighted by Crippen LogP contribution is -2.44. The Kier molecular flexibility index (Phi) is 4.89. The Morgan fingerprint density at radius 2 is 2.10 bits per heavy atom.